The molecule has 0 heterocycles. The van der Waals surface area contributed by atoms with E-state index in [1.807, 2.05) is 37.3 Å². The molecule has 0 aliphatic heterocycles. The third kappa shape index (κ3) is 3.81. The van der Waals surface area contributed by atoms with Gasteiger partial charge < -0.3 is 4.74 Å². The molecule has 17 heavy (non-hydrogen) atoms. The maximum atomic E-state index is 11.2. The molecule has 0 spiro atoms. The molecule has 0 aliphatic rings. The summed E-state index contributed by atoms with van der Waals surface area (Å²) in [6.07, 6.45) is 0.231. The Kier molecular flexibility index (Phi) is 5.04. The lowest BCUT2D eigenvalue weighted by Gasteiger charge is -2.18. The van der Waals surface area contributed by atoms with Crippen LogP contribution in [0.4, 0.5) is 0 Å². The molecule has 0 aromatic heterocycles. The molecule has 5 heteroatoms. The molecule has 90 valence electrons. The van der Waals surface area contributed by atoms with Gasteiger partial charge >= 0.3 is 5.97 Å². The van der Waals surface area contributed by atoms with E-state index >= 15 is 0 Å². The van der Waals surface area contributed by atoms with Gasteiger partial charge in [0.05, 0.1) is 13.2 Å². The van der Waals surface area contributed by atoms with Gasteiger partial charge in [-0.15, -0.1) is 0 Å². The highest BCUT2D eigenvalue weighted by molar-refractivity contribution is 5.69. The summed E-state index contributed by atoms with van der Waals surface area (Å²) in [4.78, 5) is 14.0. The lowest BCUT2D eigenvalue weighted by molar-refractivity contribution is -0.141. The Hall–Kier alpha value is -2.00. The third-order valence-corrected chi connectivity index (χ3v) is 2.57. The van der Waals surface area contributed by atoms with Gasteiger partial charge in [-0.2, -0.15) is 0 Å². The monoisotopic (exact) mass is 233 g/mol. The molecule has 0 fully saturated rings. The van der Waals surface area contributed by atoms with Crippen molar-refractivity contribution in [1.82, 2.24) is 0 Å². The van der Waals surface area contributed by atoms with Crippen LogP contribution in [-0.2, 0) is 9.53 Å². The summed E-state index contributed by atoms with van der Waals surface area (Å²) < 4.78 is 4.61. The van der Waals surface area contributed by atoms with Gasteiger partial charge in [0.2, 0.25) is 0 Å². The van der Waals surface area contributed by atoms with Crippen molar-refractivity contribution in [2.45, 2.75) is 19.4 Å². The smallest absolute Gasteiger partial charge is 0.305 e. The Morgan fingerprint density at radius 1 is 1.47 bits per heavy atom. The van der Waals surface area contributed by atoms with Crippen molar-refractivity contribution in [3.05, 3.63) is 46.3 Å². The number of rotatable bonds is 5. The molecule has 0 amide bonds. The molecule has 0 aliphatic carbocycles. The molecule has 0 saturated carbocycles. The van der Waals surface area contributed by atoms with Gasteiger partial charge in [0.15, 0.2) is 0 Å². The number of nitrogens with zero attached hydrogens (tertiary/aromatic N) is 3. The van der Waals surface area contributed by atoms with Crippen molar-refractivity contribution >= 4 is 5.97 Å². The maximum absolute atomic E-state index is 11.2. The molecular formula is C12H15N3O2. The summed E-state index contributed by atoms with van der Waals surface area (Å²) in [7, 11) is 1.35. The van der Waals surface area contributed by atoms with Crippen molar-refractivity contribution in [1.29, 1.82) is 0 Å². The number of azide groups is 1. The number of methoxy groups -OCH3 is 1. The topological polar surface area (TPSA) is 75.1 Å². The van der Waals surface area contributed by atoms with Crippen molar-refractivity contribution in [3.63, 3.8) is 0 Å². The molecule has 2 atom stereocenters. The largest absolute Gasteiger partial charge is 0.469 e. The molecule has 2 unspecified atom stereocenters. The summed E-state index contributed by atoms with van der Waals surface area (Å²) >= 11 is 0. The Morgan fingerprint density at radius 3 is 2.65 bits per heavy atom. The number of hydrogen-bond acceptors (Lipinski definition) is 3. The predicted octanol–water partition coefficient (Wildman–Crippen LogP) is 3.24. The quantitative estimate of drug-likeness (QED) is 0.339. The van der Waals surface area contributed by atoms with Gasteiger partial charge in [0, 0.05) is 11.3 Å². The van der Waals surface area contributed by atoms with Crippen LogP contribution in [0.2, 0.25) is 0 Å². The zero-order chi connectivity index (χ0) is 12.7. The average molecular weight is 233 g/mol. The van der Waals surface area contributed by atoms with E-state index in [1.54, 1.807) is 0 Å². The van der Waals surface area contributed by atoms with E-state index < -0.39 is 0 Å². The molecule has 1 aromatic rings. The Morgan fingerprint density at radius 2 is 2.12 bits per heavy atom. The lowest BCUT2D eigenvalue weighted by atomic mass is 9.93. The van der Waals surface area contributed by atoms with Crippen LogP contribution in [0, 0.1) is 5.92 Å². The summed E-state index contributed by atoms with van der Waals surface area (Å²) in [6, 6.07) is 9.06. The van der Waals surface area contributed by atoms with Gasteiger partial charge in [-0.3, -0.25) is 4.79 Å². The molecule has 0 radical (unpaired) electrons. The second-order valence-corrected chi connectivity index (χ2v) is 3.82. The molecular weight excluding hydrogens is 218 g/mol. The van der Waals surface area contributed by atoms with Crippen molar-refractivity contribution in [2.75, 3.05) is 7.11 Å². The van der Waals surface area contributed by atoms with Crippen LogP contribution in [0.25, 0.3) is 10.4 Å². The van der Waals surface area contributed by atoms with Crippen LogP contribution in [0.1, 0.15) is 24.9 Å². The minimum Gasteiger partial charge on any atom is -0.469 e. The number of hydrogen-bond donors (Lipinski definition) is 0. The van der Waals surface area contributed by atoms with Crippen LogP contribution in [0.5, 0.6) is 0 Å². The van der Waals surface area contributed by atoms with E-state index in [9.17, 15) is 4.79 Å². The highest BCUT2D eigenvalue weighted by Crippen LogP contribution is 2.28. The molecule has 5 nitrogen and oxygen atoms in total. The van der Waals surface area contributed by atoms with Crippen molar-refractivity contribution < 1.29 is 9.53 Å². The molecule has 1 aromatic carbocycles. The van der Waals surface area contributed by atoms with Gasteiger partial charge in [0.25, 0.3) is 0 Å². The minimum atomic E-state index is -0.347. The summed E-state index contributed by atoms with van der Waals surface area (Å²) in [5, 5.41) is 3.75. The van der Waals surface area contributed by atoms with E-state index in [4.69, 9.17) is 5.53 Å². The first-order valence-corrected chi connectivity index (χ1v) is 5.35. The number of ether oxygens (including phenoxy) is 1. The van der Waals surface area contributed by atoms with Crippen LogP contribution in [0.15, 0.2) is 35.4 Å². The zero-order valence-electron chi connectivity index (χ0n) is 9.91. The fourth-order valence-electron chi connectivity index (χ4n) is 1.67. The highest BCUT2D eigenvalue weighted by atomic mass is 16.5. The number of benzene rings is 1. The second-order valence-electron chi connectivity index (χ2n) is 3.82. The zero-order valence-corrected chi connectivity index (χ0v) is 9.91. The molecule has 0 saturated heterocycles. The van der Waals surface area contributed by atoms with E-state index in [2.05, 4.69) is 14.8 Å². The summed E-state index contributed by atoms with van der Waals surface area (Å²) in [6.45, 7) is 1.86. The lowest BCUT2D eigenvalue weighted by Crippen LogP contribution is -2.13. The molecule has 1 rings (SSSR count). The normalized spacial score (nSPS) is 13.3. The first-order valence-electron chi connectivity index (χ1n) is 5.35. The van der Waals surface area contributed by atoms with Crippen molar-refractivity contribution in [3.8, 4) is 0 Å². The summed E-state index contributed by atoms with van der Waals surface area (Å²) in [5.41, 5.74) is 9.48. The van der Waals surface area contributed by atoms with E-state index in [1.165, 1.54) is 7.11 Å². The highest BCUT2D eigenvalue weighted by Gasteiger charge is 2.20. The predicted molar refractivity (Wildman–Crippen MR) is 64.1 cm³/mol. The van der Waals surface area contributed by atoms with E-state index in [-0.39, 0.29) is 24.3 Å². The second kappa shape index (κ2) is 6.55. The van der Waals surface area contributed by atoms with Crippen LogP contribution >= 0.6 is 0 Å². The van der Waals surface area contributed by atoms with Gasteiger partial charge in [-0.1, -0.05) is 42.4 Å². The standard InChI is InChI=1S/C12H15N3O2/c1-9(8-11(16)17-2)12(14-15-13)10-6-4-3-5-7-10/h3-7,9,12H,8H2,1-2H3. The molecule has 0 N–H and O–H groups in total. The van der Waals surface area contributed by atoms with Gasteiger partial charge in [-0.25, -0.2) is 0 Å². The molecule has 0 bridgehead atoms. The Bertz CT molecular complexity index is 413. The van der Waals surface area contributed by atoms with Crippen LogP contribution in [-0.4, -0.2) is 13.1 Å². The number of carbonyl (C=O) groups is 1. The minimum absolute atomic E-state index is 0.0965. The van der Waals surface area contributed by atoms with Crippen LogP contribution in [0.3, 0.4) is 0 Å². The van der Waals surface area contributed by atoms with Crippen LogP contribution < -0.4 is 0 Å². The Labute approximate surface area is 100 Å². The third-order valence-electron chi connectivity index (χ3n) is 2.57. The Balaban J connectivity index is 2.86. The number of esters is 1. The fourth-order valence-corrected chi connectivity index (χ4v) is 1.67. The average Bonchev–Trinajstić information content (AvgIpc) is 2.36. The fraction of sp³-hybridized carbons (Fsp3) is 0.417. The van der Waals surface area contributed by atoms with Crippen molar-refractivity contribution in [2.24, 2.45) is 11.0 Å². The first kappa shape index (κ1) is 13.1. The van der Waals surface area contributed by atoms with Gasteiger partial charge in [0.1, 0.15) is 0 Å². The number of carbonyl (C=O) groups excluding carboxylic acids is 1. The van der Waals surface area contributed by atoms with E-state index in [0.29, 0.717) is 0 Å². The van der Waals surface area contributed by atoms with Gasteiger partial charge in [-0.05, 0) is 17.0 Å². The summed E-state index contributed by atoms with van der Waals surface area (Å²) in [5.74, 6) is -0.396. The van der Waals surface area contributed by atoms with E-state index in [0.717, 1.165) is 5.56 Å². The first-order chi connectivity index (χ1) is 8.19. The SMILES string of the molecule is COC(=O)CC(C)C(N=[N+]=[N-])c1ccccc1. The maximum Gasteiger partial charge on any atom is 0.305 e.